The van der Waals surface area contributed by atoms with Crippen LogP contribution in [0.1, 0.15) is 19.3 Å². The van der Waals surface area contributed by atoms with E-state index in [1.807, 2.05) is 0 Å². The molecule has 4 bridgehead atoms. The van der Waals surface area contributed by atoms with Crippen molar-refractivity contribution >= 4 is 15.7 Å². The van der Waals surface area contributed by atoms with Crippen molar-refractivity contribution in [2.45, 2.75) is 25.3 Å². The zero-order valence-corrected chi connectivity index (χ0v) is 12.4. The Morgan fingerprint density at radius 3 is 2.50 bits per heavy atom. The highest BCUT2D eigenvalue weighted by molar-refractivity contribution is 7.91. The van der Waals surface area contributed by atoms with Crippen LogP contribution in [0.4, 0.5) is 0 Å². The Hall–Kier alpha value is -0.620. The highest BCUT2D eigenvalue weighted by atomic mass is 32.2. The normalized spacial score (nSPS) is 46.6. The molecule has 5 rings (SSSR count). The van der Waals surface area contributed by atoms with Gasteiger partial charge in [0, 0.05) is 12.6 Å². The van der Waals surface area contributed by atoms with Crippen molar-refractivity contribution in [2.24, 2.45) is 29.6 Å². The SMILES string of the molecule is O=C(CNC1C2CC3C(C2)C31)NCC1CCS(=O)(=O)C1. The summed E-state index contributed by atoms with van der Waals surface area (Å²) in [5, 5.41) is 6.30. The van der Waals surface area contributed by atoms with E-state index in [0.29, 0.717) is 25.6 Å². The lowest BCUT2D eigenvalue weighted by Crippen LogP contribution is -2.42. The van der Waals surface area contributed by atoms with Crippen molar-refractivity contribution in [1.82, 2.24) is 10.6 Å². The van der Waals surface area contributed by atoms with Gasteiger partial charge in [0.15, 0.2) is 9.84 Å². The van der Waals surface area contributed by atoms with Crippen LogP contribution in [-0.2, 0) is 14.6 Å². The van der Waals surface area contributed by atoms with Gasteiger partial charge in [-0.1, -0.05) is 0 Å². The third-order valence-corrected chi connectivity index (χ3v) is 7.72. The maximum absolute atomic E-state index is 11.8. The number of hydrogen-bond donors (Lipinski definition) is 2. The Labute approximate surface area is 119 Å². The number of sulfone groups is 1. The number of carbonyl (C=O) groups excluding carboxylic acids is 1. The van der Waals surface area contributed by atoms with Gasteiger partial charge < -0.3 is 10.6 Å². The first kappa shape index (κ1) is 13.1. The first-order chi connectivity index (χ1) is 9.53. The summed E-state index contributed by atoms with van der Waals surface area (Å²) < 4.78 is 22.7. The van der Waals surface area contributed by atoms with Crippen LogP contribution in [0.15, 0.2) is 0 Å². The van der Waals surface area contributed by atoms with Gasteiger partial charge in [0.05, 0.1) is 18.1 Å². The smallest absolute Gasteiger partial charge is 0.233 e. The lowest BCUT2D eigenvalue weighted by Gasteiger charge is -2.17. The van der Waals surface area contributed by atoms with E-state index in [0.717, 1.165) is 23.7 Å². The van der Waals surface area contributed by atoms with Crippen molar-refractivity contribution in [1.29, 1.82) is 0 Å². The maximum atomic E-state index is 11.8. The number of carbonyl (C=O) groups is 1. The molecule has 1 heterocycles. The second-order valence-electron chi connectivity index (χ2n) is 7.12. The molecule has 4 aliphatic carbocycles. The molecule has 0 spiro atoms. The molecule has 0 aromatic rings. The fourth-order valence-electron chi connectivity index (χ4n) is 4.94. The van der Waals surface area contributed by atoms with Crippen LogP contribution in [0.3, 0.4) is 0 Å². The molecule has 5 fully saturated rings. The van der Waals surface area contributed by atoms with E-state index < -0.39 is 9.84 Å². The summed E-state index contributed by atoms with van der Waals surface area (Å²) in [5.74, 6) is 4.22. The molecule has 4 unspecified atom stereocenters. The zero-order chi connectivity index (χ0) is 13.9. The van der Waals surface area contributed by atoms with Gasteiger partial charge in [-0.05, 0) is 48.9 Å². The van der Waals surface area contributed by atoms with Crippen molar-refractivity contribution in [3.05, 3.63) is 0 Å². The minimum atomic E-state index is -2.84. The van der Waals surface area contributed by atoms with E-state index in [2.05, 4.69) is 10.6 Å². The Bertz CT molecular complexity index is 519. The molecule has 4 atom stereocenters. The molecule has 5 nitrogen and oxygen atoms in total. The number of amides is 1. The van der Waals surface area contributed by atoms with Crippen LogP contribution in [-0.4, -0.2) is 45.0 Å². The Morgan fingerprint density at radius 1 is 1.20 bits per heavy atom. The number of hydrogen-bond acceptors (Lipinski definition) is 4. The maximum Gasteiger partial charge on any atom is 0.233 e. The first-order valence-corrected chi connectivity index (χ1v) is 9.56. The van der Waals surface area contributed by atoms with Crippen LogP contribution >= 0.6 is 0 Å². The highest BCUT2D eigenvalue weighted by Crippen LogP contribution is 2.70. The minimum absolute atomic E-state index is 0.00981. The molecule has 20 heavy (non-hydrogen) atoms. The number of nitrogens with one attached hydrogen (secondary N) is 2. The van der Waals surface area contributed by atoms with Crippen LogP contribution in [0.2, 0.25) is 0 Å². The average molecular weight is 298 g/mol. The standard InChI is InChI=1S/C14H22N2O3S/c17-12(15-5-8-1-2-20(18,19)7-8)6-16-14-9-3-10-11(4-9)13(10)14/h8-11,13-14,16H,1-7H2,(H,15,17). The summed E-state index contributed by atoms with van der Waals surface area (Å²) in [6.45, 7) is 0.888. The van der Waals surface area contributed by atoms with Gasteiger partial charge in [-0.25, -0.2) is 8.42 Å². The lowest BCUT2D eigenvalue weighted by molar-refractivity contribution is -0.120. The highest BCUT2D eigenvalue weighted by Gasteiger charge is 2.68. The van der Waals surface area contributed by atoms with Crippen molar-refractivity contribution < 1.29 is 13.2 Å². The van der Waals surface area contributed by atoms with Gasteiger partial charge >= 0.3 is 0 Å². The summed E-state index contributed by atoms with van der Waals surface area (Å²) in [4.78, 5) is 11.8. The summed E-state index contributed by atoms with van der Waals surface area (Å²) in [6.07, 6.45) is 3.43. The van der Waals surface area contributed by atoms with Gasteiger partial charge in [-0.15, -0.1) is 0 Å². The molecule has 1 saturated heterocycles. The zero-order valence-electron chi connectivity index (χ0n) is 11.5. The molecule has 4 saturated carbocycles. The number of rotatable bonds is 5. The third-order valence-electron chi connectivity index (χ3n) is 5.88. The first-order valence-electron chi connectivity index (χ1n) is 7.74. The molecule has 1 aliphatic heterocycles. The summed E-state index contributed by atoms with van der Waals surface area (Å²) in [7, 11) is -2.84. The van der Waals surface area contributed by atoms with Gasteiger partial charge in [0.1, 0.15) is 0 Å². The van der Waals surface area contributed by atoms with Gasteiger partial charge in [0.25, 0.3) is 0 Å². The molecule has 1 amide bonds. The monoisotopic (exact) mass is 298 g/mol. The predicted molar refractivity (Wildman–Crippen MR) is 74.8 cm³/mol. The average Bonchev–Trinajstić information content (AvgIpc) is 2.88. The lowest BCUT2D eigenvalue weighted by atomic mass is 10.1. The second-order valence-corrected chi connectivity index (χ2v) is 9.35. The largest absolute Gasteiger partial charge is 0.355 e. The van der Waals surface area contributed by atoms with Crippen LogP contribution in [0, 0.1) is 29.6 Å². The van der Waals surface area contributed by atoms with E-state index in [9.17, 15) is 13.2 Å². The summed E-state index contributed by atoms with van der Waals surface area (Å²) in [6, 6.07) is 0.572. The fourth-order valence-corrected chi connectivity index (χ4v) is 6.80. The molecule has 2 N–H and O–H groups in total. The Morgan fingerprint density at radius 2 is 1.95 bits per heavy atom. The molecule has 0 radical (unpaired) electrons. The van der Waals surface area contributed by atoms with Gasteiger partial charge in [-0.2, -0.15) is 0 Å². The molecular weight excluding hydrogens is 276 g/mol. The second kappa shape index (κ2) is 4.44. The minimum Gasteiger partial charge on any atom is -0.355 e. The van der Waals surface area contributed by atoms with E-state index in [4.69, 9.17) is 0 Å². The van der Waals surface area contributed by atoms with Crippen molar-refractivity contribution in [3.8, 4) is 0 Å². The van der Waals surface area contributed by atoms with Gasteiger partial charge in [0.2, 0.25) is 5.91 Å². The topological polar surface area (TPSA) is 75.3 Å². The van der Waals surface area contributed by atoms with E-state index in [-0.39, 0.29) is 23.3 Å². The molecule has 6 heteroatoms. The summed E-state index contributed by atoms with van der Waals surface area (Å²) in [5.41, 5.74) is 0. The van der Waals surface area contributed by atoms with Crippen LogP contribution in [0.5, 0.6) is 0 Å². The molecule has 0 aromatic carbocycles. The van der Waals surface area contributed by atoms with E-state index in [1.54, 1.807) is 0 Å². The Kier molecular flexibility index (Phi) is 2.90. The van der Waals surface area contributed by atoms with E-state index in [1.165, 1.54) is 12.8 Å². The van der Waals surface area contributed by atoms with E-state index >= 15 is 0 Å². The molecule has 0 aromatic heterocycles. The predicted octanol–water partition coefficient (Wildman–Crippen LogP) is -0.219. The molecular formula is C14H22N2O3S. The third kappa shape index (κ3) is 2.17. The van der Waals surface area contributed by atoms with Gasteiger partial charge in [-0.3, -0.25) is 4.79 Å². The summed E-state index contributed by atoms with van der Waals surface area (Å²) >= 11 is 0. The Balaban J connectivity index is 1.18. The fraction of sp³-hybridized carbons (Fsp3) is 0.929. The molecule has 112 valence electrons. The quantitative estimate of drug-likeness (QED) is 0.736. The van der Waals surface area contributed by atoms with Crippen molar-refractivity contribution in [3.63, 3.8) is 0 Å². The van der Waals surface area contributed by atoms with Crippen LogP contribution in [0.25, 0.3) is 0 Å². The van der Waals surface area contributed by atoms with Crippen molar-refractivity contribution in [2.75, 3.05) is 24.6 Å². The molecule has 5 aliphatic rings. The van der Waals surface area contributed by atoms with Crippen LogP contribution < -0.4 is 10.6 Å².